The quantitative estimate of drug-likeness (QED) is 0.847. The molecular formula is C14H14N4O2. The number of nitrogens with one attached hydrogen (secondary N) is 1. The Kier molecular flexibility index (Phi) is 4.73. The number of para-hydroxylation sites is 1. The summed E-state index contributed by atoms with van der Waals surface area (Å²) in [6, 6.07) is 10.6. The zero-order valence-corrected chi connectivity index (χ0v) is 10.8. The van der Waals surface area contributed by atoms with Gasteiger partial charge in [-0.1, -0.05) is 12.1 Å². The number of aromatic nitrogens is 2. The molecule has 0 aliphatic carbocycles. The molecule has 2 rings (SSSR count). The number of nitrogens with zero attached hydrogens (tertiary/aromatic N) is 3. The van der Waals surface area contributed by atoms with Gasteiger partial charge >= 0.3 is 0 Å². The van der Waals surface area contributed by atoms with Crippen molar-refractivity contribution in [3.05, 3.63) is 48.3 Å². The van der Waals surface area contributed by atoms with Crippen LogP contribution in [-0.4, -0.2) is 28.8 Å². The van der Waals surface area contributed by atoms with Crippen LogP contribution in [0.1, 0.15) is 5.56 Å². The first kappa shape index (κ1) is 13.6. The lowest BCUT2D eigenvalue weighted by Crippen LogP contribution is -2.31. The molecule has 6 nitrogen and oxygen atoms in total. The monoisotopic (exact) mass is 270 g/mol. The average molecular weight is 270 g/mol. The van der Waals surface area contributed by atoms with E-state index in [0.717, 1.165) is 0 Å². The number of benzene rings is 1. The highest BCUT2D eigenvalue weighted by Gasteiger charge is 2.05. The predicted octanol–water partition coefficient (Wildman–Crippen LogP) is 0.950. The molecule has 6 heteroatoms. The van der Waals surface area contributed by atoms with Crippen molar-refractivity contribution in [1.29, 1.82) is 5.26 Å². The second-order valence-corrected chi connectivity index (χ2v) is 4.02. The molecule has 20 heavy (non-hydrogen) atoms. The van der Waals surface area contributed by atoms with E-state index >= 15 is 0 Å². The Morgan fingerprint density at radius 1 is 1.40 bits per heavy atom. The van der Waals surface area contributed by atoms with Gasteiger partial charge in [-0.15, -0.1) is 0 Å². The topological polar surface area (TPSA) is 79.9 Å². The molecular weight excluding hydrogens is 256 g/mol. The van der Waals surface area contributed by atoms with Crippen LogP contribution >= 0.6 is 0 Å². The van der Waals surface area contributed by atoms with E-state index in [1.807, 2.05) is 18.3 Å². The summed E-state index contributed by atoms with van der Waals surface area (Å²) < 4.78 is 7.05. The first-order valence-electron chi connectivity index (χ1n) is 6.15. The van der Waals surface area contributed by atoms with Crippen LogP contribution < -0.4 is 10.1 Å². The van der Waals surface area contributed by atoms with E-state index in [1.165, 1.54) is 0 Å². The molecule has 0 aliphatic heterocycles. The van der Waals surface area contributed by atoms with E-state index in [1.54, 1.807) is 35.1 Å². The molecule has 1 aromatic heterocycles. The fraction of sp³-hybridized carbons (Fsp3) is 0.214. The van der Waals surface area contributed by atoms with Gasteiger partial charge in [0.1, 0.15) is 11.8 Å². The third-order valence-electron chi connectivity index (χ3n) is 2.59. The Morgan fingerprint density at radius 2 is 2.25 bits per heavy atom. The van der Waals surface area contributed by atoms with Gasteiger partial charge in [-0.05, 0) is 18.2 Å². The molecule has 0 spiro atoms. The Bertz CT molecular complexity index is 602. The molecule has 0 unspecified atom stereocenters. The number of rotatable bonds is 6. The molecule has 0 saturated carbocycles. The van der Waals surface area contributed by atoms with Crippen LogP contribution in [0.4, 0.5) is 0 Å². The van der Waals surface area contributed by atoms with Crippen molar-refractivity contribution in [1.82, 2.24) is 15.1 Å². The SMILES string of the molecule is N#Cc1ccccc1OCC(=O)NCCn1cccn1. The lowest BCUT2D eigenvalue weighted by molar-refractivity contribution is -0.123. The first-order valence-corrected chi connectivity index (χ1v) is 6.15. The van der Waals surface area contributed by atoms with Crippen LogP contribution in [0, 0.1) is 11.3 Å². The summed E-state index contributed by atoms with van der Waals surface area (Å²) in [5.41, 5.74) is 0.414. The maximum atomic E-state index is 11.6. The van der Waals surface area contributed by atoms with Gasteiger partial charge in [0, 0.05) is 18.9 Å². The number of carbonyl (C=O) groups excluding carboxylic acids is 1. The fourth-order valence-corrected chi connectivity index (χ4v) is 1.62. The van der Waals surface area contributed by atoms with Gasteiger partial charge in [-0.25, -0.2) is 0 Å². The highest BCUT2D eigenvalue weighted by Crippen LogP contribution is 2.15. The summed E-state index contributed by atoms with van der Waals surface area (Å²) in [7, 11) is 0. The maximum absolute atomic E-state index is 11.6. The van der Waals surface area contributed by atoms with Crippen LogP contribution in [-0.2, 0) is 11.3 Å². The first-order chi connectivity index (χ1) is 9.79. The second-order valence-electron chi connectivity index (χ2n) is 4.02. The van der Waals surface area contributed by atoms with E-state index in [-0.39, 0.29) is 12.5 Å². The zero-order valence-electron chi connectivity index (χ0n) is 10.8. The molecule has 0 saturated heterocycles. The summed E-state index contributed by atoms with van der Waals surface area (Å²) in [5.74, 6) is 0.183. The largest absolute Gasteiger partial charge is 0.482 e. The van der Waals surface area contributed by atoms with E-state index < -0.39 is 0 Å². The van der Waals surface area contributed by atoms with Crippen LogP contribution in [0.25, 0.3) is 0 Å². The van der Waals surface area contributed by atoms with Crippen molar-refractivity contribution in [2.24, 2.45) is 0 Å². The van der Waals surface area contributed by atoms with Crippen molar-refractivity contribution < 1.29 is 9.53 Å². The average Bonchev–Trinajstić information content (AvgIpc) is 2.98. The lowest BCUT2D eigenvalue weighted by Gasteiger charge is -2.08. The number of amides is 1. The van der Waals surface area contributed by atoms with Crippen molar-refractivity contribution in [3.63, 3.8) is 0 Å². The molecule has 2 aromatic rings. The number of hydrogen-bond acceptors (Lipinski definition) is 4. The Morgan fingerprint density at radius 3 is 3.00 bits per heavy atom. The van der Waals surface area contributed by atoms with Crippen LogP contribution in [0.5, 0.6) is 5.75 Å². The highest BCUT2D eigenvalue weighted by atomic mass is 16.5. The minimum atomic E-state index is -0.232. The number of carbonyl (C=O) groups is 1. The van der Waals surface area contributed by atoms with Crippen molar-refractivity contribution in [3.8, 4) is 11.8 Å². The molecule has 0 fully saturated rings. The van der Waals surface area contributed by atoms with E-state index in [0.29, 0.717) is 24.4 Å². The zero-order chi connectivity index (χ0) is 14.2. The third kappa shape index (κ3) is 3.85. The van der Waals surface area contributed by atoms with Crippen LogP contribution in [0.2, 0.25) is 0 Å². The predicted molar refractivity (Wildman–Crippen MR) is 71.9 cm³/mol. The summed E-state index contributed by atoms with van der Waals surface area (Å²) >= 11 is 0. The van der Waals surface area contributed by atoms with E-state index in [4.69, 9.17) is 10.00 Å². The summed E-state index contributed by atoms with van der Waals surface area (Å²) in [6.45, 7) is 0.967. The third-order valence-corrected chi connectivity index (χ3v) is 2.59. The summed E-state index contributed by atoms with van der Waals surface area (Å²) in [6.07, 6.45) is 3.51. The molecule has 102 valence electrons. The standard InChI is InChI=1S/C14H14N4O2/c15-10-12-4-1-2-5-13(12)20-11-14(19)16-7-9-18-8-3-6-17-18/h1-6,8H,7,9,11H2,(H,16,19). The van der Waals surface area contributed by atoms with Crippen molar-refractivity contribution in [2.45, 2.75) is 6.54 Å². The van der Waals surface area contributed by atoms with Crippen molar-refractivity contribution in [2.75, 3.05) is 13.2 Å². The van der Waals surface area contributed by atoms with Gasteiger partial charge in [0.25, 0.3) is 5.91 Å². The van der Waals surface area contributed by atoms with Gasteiger partial charge in [-0.3, -0.25) is 9.48 Å². The van der Waals surface area contributed by atoms with Crippen LogP contribution in [0.15, 0.2) is 42.7 Å². The number of ether oxygens (including phenoxy) is 1. The lowest BCUT2D eigenvalue weighted by atomic mass is 10.2. The van der Waals surface area contributed by atoms with Gasteiger partial charge < -0.3 is 10.1 Å². The highest BCUT2D eigenvalue weighted by molar-refractivity contribution is 5.77. The minimum absolute atomic E-state index is 0.113. The summed E-state index contributed by atoms with van der Waals surface area (Å²) in [4.78, 5) is 11.6. The van der Waals surface area contributed by atoms with Crippen LogP contribution in [0.3, 0.4) is 0 Å². The van der Waals surface area contributed by atoms with Gasteiger partial charge in [0.15, 0.2) is 6.61 Å². The molecule has 0 bridgehead atoms. The molecule has 1 heterocycles. The van der Waals surface area contributed by atoms with E-state index in [2.05, 4.69) is 10.4 Å². The number of nitriles is 1. The summed E-state index contributed by atoms with van der Waals surface area (Å²) in [5, 5.41) is 15.6. The van der Waals surface area contributed by atoms with Gasteiger partial charge in [0.2, 0.25) is 0 Å². The second kappa shape index (κ2) is 6.95. The molecule has 0 aliphatic rings. The smallest absolute Gasteiger partial charge is 0.258 e. The van der Waals surface area contributed by atoms with Gasteiger partial charge in [0.05, 0.1) is 12.1 Å². The molecule has 1 aromatic carbocycles. The maximum Gasteiger partial charge on any atom is 0.258 e. The fourth-order valence-electron chi connectivity index (χ4n) is 1.62. The minimum Gasteiger partial charge on any atom is -0.482 e. The molecule has 1 amide bonds. The Labute approximate surface area is 116 Å². The normalized spacial score (nSPS) is 9.75. The van der Waals surface area contributed by atoms with E-state index in [9.17, 15) is 4.79 Å². The Hall–Kier alpha value is -2.81. The molecule has 0 radical (unpaired) electrons. The molecule has 0 atom stereocenters. The Balaban J connectivity index is 1.74. The number of hydrogen-bond donors (Lipinski definition) is 1. The van der Waals surface area contributed by atoms with Crippen molar-refractivity contribution >= 4 is 5.91 Å². The molecule has 1 N–H and O–H groups in total. The van der Waals surface area contributed by atoms with Gasteiger partial charge in [-0.2, -0.15) is 10.4 Å².